The largest absolute Gasteiger partial charge is 4.00 e. The summed E-state index contributed by atoms with van der Waals surface area (Å²) in [7, 11) is 0. The van der Waals surface area contributed by atoms with Crippen LogP contribution in [0.2, 0.25) is 0 Å². The first-order chi connectivity index (χ1) is 26.1. The Hall–Kier alpha value is -4.53. The third-order valence-electron chi connectivity index (χ3n) is 10.5. The molecule has 0 spiro atoms. The molecule has 0 saturated heterocycles. The van der Waals surface area contributed by atoms with Crippen molar-refractivity contribution in [3.05, 3.63) is 195 Å². The van der Waals surface area contributed by atoms with Gasteiger partial charge in [-0.15, -0.1) is 93.9 Å². The summed E-state index contributed by atoms with van der Waals surface area (Å²) in [6.07, 6.45) is 2.90. The van der Waals surface area contributed by atoms with Gasteiger partial charge in [0, 0.05) is 0 Å². The van der Waals surface area contributed by atoms with Gasteiger partial charge in [-0.05, 0) is 79.2 Å². The fourth-order valence-corrected chi connectivity index (χ4v) is 8.05. The zero-order valence-electron chi connectivity index (χ0n) is 32.0. The van der Waals surface area contributed by atoms with E-state index in [4.69, 9.17) is 0 Å². The summed E-state index contributed by atoms with van der Waals surface area (Å²) in [5.41, 5.74) is 8.20. The normalized spacial score (nSPS) is 10.6. The van der Waals surface area contributed by atoms with Crippen molar-refractivity contribution in [1.29, 1.82) is 0 Å². The molecule has 276 valence electrons. The van der Waals surface area contributed by atoms with Crippen LogP contribution < -0.4 is 0 Å². The molecule has 56 heavy (non-hydrogen) atoms. The summed E-state index contributed by atoms with van der Waals surface area (Å²) in [4.78, 5) is 0. The maximum Gasteiger partial charge on any atom is 4.00 e. The zero-order valence-corrected chi connectivity index (χ0v) is 37.2. The molecule has 10 rings (SSSR count). The van der Waals surface area contributed by atoms with Crippen LogP contribution in [0.5, 0.6) is 0 Å². The molecule has 0 atom stereocenters. The van der Waals surface area contributed by atoms with Crippen molar-refractivity contribution >= 4 is 89.4 Å². The summed E-state index contributed by atoms with van der Waals surface area (Å²) in [6.45, 7) is 11.2. The van der Waals surface area contributed by atoms with Crippen LogP contribution in [0.4, 0.5) is 0 Å². The second kappa shape index (κ2) is 19.1. The molecule has 0 unspecified atom stereocenters. The number of aryl methyl sites for hydroxylation is 2. The summed E-state index contributed by atoms with van der Waals surface area (Å²) < 4.78 is 0. The monoisotopic (exact) mass is 932 g/mol. The Bertz CT molecular complexity index is 2570. The van der Waals surface area contributed by atoms with Crippen molar-refractivity contribution in [2.45, 2.75) is 33.1 Å². The molecule has 0 bridgehead atoms. The Morgan fingerprint density at radius 3 is 1.00 bits per heavy atom. The van der Waals surface area contributed by atoms with E-state index in [0.717, 1.165) is 19.3 Å². The Morgan fingerprint density at radius 1 is 0.393 bits per heavy atom. The first kappa shape index (κ1) is 42.6. The number of benzene rings is 8. The molecule has 0 aliphatic rings. The van der Waals surface area contributed by atoms with Crippen LogP contribution in [0.15, 0.2) is 170 Å². The quantitative estimate of drug-likeness (QED) is 0.0937. The van der Waals surface area contributed by atoms with Crippen LogP contribution in [0.3, 0.4) is 0 Å². The van der Waals surface area contributed by atoms with Gasteiger partial charge in [-0.1, -0.05) is 134 Å². The number of fused-ring (bicyclic) bond motifs is 6. The van der Waals surface area contributed by atoms with E-state index in [0.29, 0.717) is 0 Å². The predicted molar refractivity (Wildman–Crippen MR) is 249 cm³/mol. The topological polar surface area (TPSA) is 0 Å². The van der Waals surface area contributed by atoms with Crippen LogP contribution >= 0.6 is 24.8 Å². The third-order valence-corrected chi connectivity index (χ3v) is 10.5. The minimum atomic E-state index is 0. The van der Waals surface area contributed by atoms with Gasteiger partial charge in [0.25, 0.3) is 0 Å². The fourth-order valence-electron chi connectivity index (χ4n) is 8.05. The summed E-state index contributed by atoms with van der Waals surface area (Å²) in [5, 5.41) is 15.9. The molecule has 0 saturated carbocycles. The second-order valence-electron chi connectivity index (χ2n) is 13.8. The molecule has 10 aromatic carbocycles. The smallest absolute Gasteiger partial charge is 0.372 e. The van der Waals surface area contributed by atoms with Crippen molar-refractivity contribution in [2.75, 3.05) is 0 Å². The van der Waals surface area contributed by atoms with Crippen molar-refractivity contribution in [3.8, 4) is 22.3 Å². The predicted octanol–water partition coefficient (Wildman–Crippen LogP) is 16.1. The zero-order chi connectivity index (χ0) is 36.3. The van der Waals surface area contributed by atoms with Gasteiger partial charge in [-0.25, -0.2) is 0 Å². The van der Waals surface area contributed by atoms with E-state index >= 15 is 0 Å². The van der Waals surface area contributed by atoms with Crippen LogP contribution in [0.1, 0.15) is 31.4 Å². The van der Waals surface area contributed by atoms with E-state index < -0.39 is 0 Å². The van der Waals surface area contributed by atoms with Gasteiger partial charge >= 0.3 is 25.8 Å². The average Bonchev–Trinajstić information content (AvgIpc) is 3.84. The van der Waals surface area contributed by atoms with E-state index in [-0.39, 0.29) is 50.7 Å². The summed E-state index contributed by atoms with van der Waals surface area (Å²) in [5.74, 6) is 0. The van der Waals surface area contributed by atoms with Crippen molar-refractivity contribution in [3.63, 3.8) is 0 Å². The SMILES string of the molecule is CCc1cc2c(-c3c4ccccc4cc4ccccc34)cccc2[cH-]1.CCc1cc2c(-c3c4ccccc4cc4ccccc34)cccc2[cH-]1.Cl.Cl.[CH2-]C[CH2-].[Hf+4]. The summed E-state index contributed by atoms with van der Waals surface area (Å²) in [6, 6.07) is 62.3. The van der Waals surface area contributed by atoms with Gasteiger partial charge in [-0.2, -0.15) is 12.1 Å². The molecule has 0 N–H and O–H groups in total. The third kappa shape index (κ3) is 8.14. The number of hydrogen-bond acceptors (Lipinski definition) is 0. The molecule has 3 heteroatoms. The molecule has 0 aliphatic heterocycles. The molecule has 0 radical (unpaired) electrons. The maximum atomic E-state index is 3.38. The second-order valence-corrected chi connectivity index (χ2v) is 13.8. The number of halogens is 2. The Kier molecular flexibility index (Phi) is 14.5. The van der Waals surface area contributed by atoms with Crippen LogP contribution in [0.25, 0.3) is 86.9 Å². The van der Waals surface area contributed by atoms with Crippen LogP contribution in [0, 0.1) is 13.8 Å². The molecule has 0 heterocycles. The maximum absolute atomic E-state index is 3.38. The van der Waals surface area contributed by atoms with E-state index in [9.17, 15) is 0 Å². The first-order valence-electron chi connectivity index (χ1n) is 18.9. The van der Waals surface area contributed by atoms with Crippen LogP contribution in [-0.4, -0.2) is 0 Å². The number of rotatable bonds is 4. The number of hydrogen-bond donors (Lipinski definition) is 0. The molecular formula is C53H46Cl2Hf. The molecule has 0 amide bonds. The van der Waals surface area contributed by atoms with Gasteiger partial charge in [0.05, 0.1) is 0 Å². The average molecular weight is 932 g/mol. The molecule has 10 aromatic rings. The standard InChI is InChI=1S/2C25H19.C3H6.2ClH.Hf/c2*1-2-17-14-18-10-7-13-23(24(18)15-17)25-21-11-5-3-8-19(21)16-20-9-4-6-12-22(20)25;1-3-2;;;/h2*3-16H,2H2,1H3;1-3H2;2*1H;/q2*-1;-2;;;+4. The minimum Gasteiger partial charge on any atom is -0.372 e. The van der Waals surface area contributed by atoms with E-state index in [1.54, 1.807) is 0 Å². The van der Waals surface area contributed by atoms with Crippen molar-refractivity contribution < 1.29 is 25.8 Å². The summed E-state index contributed by atoms with van der Waals surface area (Å²) >= 11 is 0. The van der Waals surface area contributed by atoms with Crippen molar-refractivity contribution in [1.82, 2.24) is 0 Å². The molecule has 0 aromatic heterocycles. The molecule has 0 fully saturated rings. The van der Waals surface area contributed by atoms with E-state index in [1.807, 2.05) is 0 Å². The van der Waals surface area contributed by atoms with E-state index in [1.165, 1.54) is 98.0 Å². The van der Waals surface area contributed by atoms with Gasteiger partial charge in [0.1, 0.15) is 0 Å². The van der Waals surface area contributed by atoms with Gasteiger partial charge in [0.15, 0.2) is 0 Å². The molecule has 0 aliphatic carbocycles. The van der Waals surface area contributed by atoms with Crippen molar-refractivity contribution in [2.24, 2.45) is 0 Å². The van der Waals surface area contributed by atoms with Crippen LogP contribution in [-0.2, 0) is 38.7 Å². The minimum absolute atomic E-state index is 0. The van der Waals surface area contributed by atoms with Gasteiger partial charge in [0.2, 0.25) is 0 Å². The van der Waals surface area contributed by atoms with Gasteiger partial charge < -0.3 is 20.3 Å². The van der Waals surface area contributed by atoms with Gasteiger partial charge in [-0.3, -0.25) is 0 Å². The molecule has 0 nitrogen and oxygen atoms in total. The fraction of sp³-hybridized carbons (Fsp3) is 0.0943. The Morgan fingerprint density at radius 2 is 0.696 bits per heavy atom. The van der Waals surface area contributed by atoms with E-state index in [2.05, 4.69) is 198 Å². The Labute approximate surface area is 362 Å². The Balaban J connectivity index is 0.000000191. The first-order valence-corrected chi connectivity index (χ1v) is 18.9. The molecular weight excluding hydrogens is 886 g/mol.